The molecule has 0 fully saturated rings. The van der Waals surface area contributed by atoms with Gasteiger partial charge in [0.05, 0.1) is 0 Å². The summed E-state index contributed by atoms with van der Waals surface area (Å²) in [5.74, 6) is 0.244. The number of aromatic amines is 1. The quantitative estimate of drug-likeness (QED) is 0.385. The lowest BCUT2D eigenvalue weighted by Crippen LogP contribution is -2.15. The maximum Gasteiger partial charge on any atom is 0.277 e. The Hall–Kier alpha value is -3.29. The Bertz CT molecular complexity index is 1360. The molecule has 0 saturated heterocycles. The van der Waals surface area contributed by atoms with Crippen LogP contribution in [0.2, 0.25) is 0 Å². The van der Waals surface area contributed by atoms with Crippen LogP contribution in [0.1, 0.15) is 16.3 Å². The molecule has 0 aromatic carbocycles. The molecule has 31 heavy (non-hydrogen) atoms. The smallest absolute Gasteiger partial charge is 0.277 e. The van der Waals surface area contributed by atoms with Gasteiger partial charge in [-0.2, -0.15) is 4.37 Å². The van der Waals surface area contributed by atoms with Gasteiger partial charge in [-0.3, -0.25) is 10.1 Å². The summed E-state index contributed by atoms with van der Waals surface area (Å²) in [5, 5.41) is 12.1. The zero-order valence-electron chi connectivity index (χ0n) is 15.9. The van der Waals surface area contributed by atoms with Crippen molar-refractivity contribution in [3.05, 3.63) is 60.7 Å². The van der Waals surface area contributed by atoms with Crippen LogP contribution in [0.5, 0.6) is 0 Å². The summed E-state index contributed by atoms with van der Waals surface area (Å²) in [5.41, 5.74) is 1.14. The Morgan fingerprint density at radius 2 is 2.13 bits per heavy atom. The number of carbonyl (C=O) groups is 1. The molecule has 0 spiro atoms. The number of imidazole rings is 1. The fourth-order valence-electron chi connectivity index (χ4n) is 2.66. The predicted octanol–water partition coefficient (Wildman–Crippen LogP) is 3.56. The molecule has 0 bridgehead atoms. The van der Waals surface area contributed by atoms with Gasteiger partial charge in [0.25, 0.3) is 5.91 Å². The highest BCUT2D eigenvalue weighted by Crippen LogP contribution is 2.33. The standard InChI is InChI=1S/C18H13N9OS3/c1-10-22-18(31-26-10)24-16(28)15-12(3-5-14(23-15)30-17-20-9-21-25-17)29-11-2-4-13-19-6-7-27(13)8-11/h2-9H,1H3,(H,20,21,25)(H,22,24,26,28). The lowest BCUT2D eigenvalue weighted by atomic mass is 10.3. The first kappa shape index (κ1) is 19.7. The van der Waals surface area contributed by atoms with E-state index in [1.807, 2.05) is 41.1 Å². The van der Waals surface area contributed by atoms with Gasteiger partial charge in [0.2, 0.25) is 5.13 Å². The average Bonchev–Trinajstić information content (AvgIpc) is 3.51. The summed E-state index contributed by atoms with van der Waals surface area (Å²) >= 11 is 3.86. The fraction of sp³-hybridized carbons (Fsp3) is 0.0556. The van der Waals surface area contributed by atoms with Crippen LogP contribution >= 0.6 is 35.1 Å². The first-order chi connectivity index (χ1) is 15.1. The highest BCUT2D eigenvalue weighted by Gasteiger charge is 2.18. The number of aromatic nitrogens is 8. The Morgan fingerprint density at radius 1 is 1.19 bits per heavy atom. The Kier molecular flexibility index (Phi) is 5.36. The molecule has 0 aliphatic carbocycles. The number of nitrogens with zero attached hydrogens (tertiary/aromatic N) is 7. The predicted molar refractivity (Wildman–Crippen MR) is 117 cm³/mol. The minimum atomic E-state index is -0.359. The molecule has 0 aliphatic rings. The lowest BCUT2D eigenvalue weighted by Gasteiger charge is -2.10. The van der Waals surface area contributed by atoms with Gasteiger partial charge >= 0.3 is 0 Å². The second kappa shape index (κ2) is 8.45. The molecule has 5 aromatic rings. The molecule has 0 aliphatic heterocycles. The molecule has 5 rings (SSSR count). The number of pyridine rings is 2. The van der Waals surface area contributed by atoms with E-state index in [9.17, 15) is 4.79 Å². The minimum Gasteiger partial charge on any atom is -0.322 e. The molecule has 1 amide bonds. The van der Waals surface area contributed by atoms with Gasteiger partial charge in [-0.15, -0.1) is 10.2 Å². The molecule has 2 N–H and O–H groups in total. The highest BCUT2D eigenvalue weighted by atomic mass is 32.2. The SMILES string of the molecule is Cc1nsc(NC(=O)c2nc(Sc3nnc[nH]3)ccc2Sc2ccc3nccn3c2)n1. The minimum absolute atomic E-state index is 0.285. The van der Waals surface area contributed by atoms with Crippen LogP contribution in [0.4, 0.5) is 5.13 Å². The molecule has 5 heterocycles. The second-order valence-corrected chi connectivity index (χ2v) is 9.03. The van der Waals surface area contributed by atoms with Crippen molar-refractivity contribution in [1.82, 2.24) is 38.9 Å². The van der Waals surface area contributed by atoms with E-state index < -0.39 is 0 Å². The van der Waals surface area contributed by atoms with E-state index in [1.165, 1.54) is 29.9 Å². The third-order valence-corrected chi connectivity index (χ3v) is 6.56. The number of fused-ring (bicyclic) bond motifs is 1. The molecule has 0 radical (unpaired) electrons. The average molecular weight is 468 g/mol. The number of carbonyl (C=O) groups excluding carboxylic acids is 1. The van der Waals surface area contributed by atoms with Crippen LogP contribution in [0.3, 0.4) is 0 Å². The van der Waals surface area contributed by atoms with Crippen molar-refractivity contribution in [2.24, 2.45) is 0 Å². The first-order valence-corrected chi connectivity index (χ1v) is 11.3. The highest BCUT2D eigenvalue weighted by molar-refractivity contribution is 7.99. The number of anilines is 1. The van der Waals surface area contributed by atoms with E-state index in [1.54, 1.807) is 13.1 Å². The van der Waals surface area contributed by atoms with Gasteiger partial charge in [0.15, 0.2) is 5.16 Å². The summed E-state index contributed by atoms with van der Waals surface area (Å²) in [6.45, 7) is 1.77. The van der Waals surface area contributed by atoms with Gasteiger partial charge in [-0.25, -0.2) is 15.0 Å². The Labute approximate surface area is 188 Å². The van der Waals surface area contributed by atoms with Crippen molar-refractivity contribution in [1.29, 1.82) is 0 Å². The molecule has 154 valence electrons. The van der Waals surface area contributed by atoms with Crippen LogP contribution < -0.4 is 5.32 Å². The monoisotopic (exact) mass is 467 g/mol. The maximum absolute atomic E-state index is 13.1. The Balaban J connectivity index is 1.48. The van der Waals surface area contributed by atoms with Crippen LogP contribution in [-0.2, 0) is 0 Å². The summed E-state index contributed by atoms with van der Waals surface area (Å²) in [6, 6.07) is 7.60. The molecule has 5 aromatic heterocycles. The lowest BCUT2D eigenvalue weighted by molar-refractivity contribution is 0.101. The zero-order valence-corrected chi connectivity index (χ0v) is 18.3. The summed E-state index contributed by atoms with van der Waals surface area (Å²) < 4.78 is 6.03. The second-order valence-electron chi connectivity index (χ2n) is 6.15. The third kappa shape index (κ3) is 4.42. The maximum atomic E-state index is 13.1. The summed E-state index contributed by atoms with van der Waals surface area (Å²) in [6.07, 6.45) is 7.06. The van der Waals surface area contributed by atoms with Gasteiger partial charge in [0, 0.05) is 39.9 Å². The summed E-state index contributed by atoms with van der Waals surface area (Å²) in [7, 11) is 0. The van der Waals surface area contributed by atoms with Crippen LogP contribution in [0.25, 0.3) is 5.65 Å². The molecule has 0 saturated carbocycles. The van der Waals surface area contributed by atoms with E-state index in [2.05, 4.69) is 39.8 Å². The van der Waals surface area contributed by atoms with Crippen molar-refractivity contribution in [3.63, 3.8) is 0 Å². The van der Waals surface area contributed by atoms with Gasteiger partial charge in [-0.1, -0.05) is 11.8 Å². The molecule has 13 heteroatoms. The van der Waals surface area contributed by atoms with Crippen molar-refractivity contribution < 1.29 is 4.79 Å². The molecule has 10 nitrogen and oxygen atoms in total. The number of hydrogen-bond donors (Lipinski definition) is 2. The van der Waals surface area contributed by atoms with Gasteiger partial charge in [-0.05, 0) is 43.0 Å². The van der Waals surface area contributed by atoms with Gasteiger partial charge < -0.3 is 9.38 Å². The number of aryl methyl sites for hydroxylation is 1. The zero-order chi connectivity index (χ0) is 21.2. The molecule has 0 atom stereocenters. The van der Waals surface area contributed by atoms with E-state index in [0.717, 1.165) is 22.1 Å². The number of rotatable bonds is 6. The number of H-pyrrole nitrogens is 1. The van der Waals surface area contributed by atoms with Crippen LogP contribution in [0.15, 0.2) is 69.2 Å². The van der Waals surface area contributed by atoms with Gasteiger partial charge in [0.1, 0.15) is 28.5 Å². The summed E-state index contributed by atoms with van der Waals surface area (Å²) in [4.78, 5) is 30.7. The molecular formula is C18H13N9OS3. The fourth-order valence-corrected chi connectivity index (χ4v) is 4.83. The van der Waals surface area contributed by atoms with E-state index >= 15 is 0 Å². The normalized spacial score (nSPS) is 11.1. The number of amides is 1. The number of nitrogens with one attached hydrogen (secondary N) is 2. The Morgan fingerprint density at radius 3 is 2.94 bits per heavy atom. The van der Waals surface area contributed by atoms with E-state index in [-0.39, 0.29) is 11.6 Å². The van der Waals surface area contributed by atoms with Crippen molar-refractivity contribution >= 4 is 51.7 Å². The van der Waals surface area contributed by atoms with Crippen molar-refractivity contribution in [2.45, 2.75) is 26.9 Å². The molecular weight excluding hydrogens is 454 g/mol. The van der Waals surface area contributed by atoms with Crippen molar-refractivity contribution in [2.75, 3.05) is 5.32 Å². The third-order valence-electron chi connectivity index (χ3n) is 3.98. The van der Waals surface area contributed by atoms with Crippen LogP contribution in [0, 0.1) is 6.92 Å². The van der Waals surface area contributed by atoms with E-state index in [0.29, 0.717) is 26.0 Å². The first-order valence-electron chi connectivity index (χ1n) is 8.91. The topological polar surface area (TPSA) is 127 Å². The number of hydrogen-bond acceptors (Lipinski definition) is 10. The largest absolute Gasteiger partial charge is 0.322 e. The van der Waals surface area contributed by atoms with Crippen LogP contribution in [-0.4, -0.2) is 44.8 Å². The van der Waals surface area contributed by atoms with E-state index in [4.69, 9.17) is 0 Å². The van der Waals surface area contributed by atoms with Crippen molar-refractivity contribution in [3.8, 4) is 0 Å². The molecule has 0 unspecified atom stereocenters.